The van der Waals surface area contributed by atoms with Crippen molar-refractivity contribution in [2.75, 3.05) is 0 Å². The van der Waals surface area contributed by atoms with Crippen molar-refractivity contribution in [3.8, 4) is 0 Å². The lowest BCUT2D eigenvalue weighted by molar-refractivity contribution is -0.384. The zero-order chi connectivity index (χ0) is 15.5. The molecule has 0 saturated heterocycles. The summed E-state index contributed by atoms with van der Waals surface area (Å²) >= 11 is 0. The number of nitrogens with zero attached hydrogens (tertiary/aromatic N) is 4. The van der Waals surface area contributed by atoms with Gasteiger partial charge in [-0.2, -0.15) is 5.21 Å². The molecule has 2 aromatic rings. The van der Waals surface area contributed by atoms with Crippen LogP contribution in [0.2, 0.25) is 0 Å². The van der Waals surface area contributed by atoms with Gasteiger partial charge in [-0.1, -0.05) is 17.3 Å². The molecular weight excluding hydrogens is 300 g/mol. The molecule has 0 spiro atoms. The molecule has 1 atom stereocenters. The first-order valence-electron chi connectivity index (χ1n) is 5.84. The van der Waals surface area contributed by atoms with Crippen LogP contribution in [0.25, 0.3) is 0 Å². The number of nitro benzene ring substituents is 1. The van der Waals surface area contributed by atoms with E-state index >= 15 is 0 Å². The van der Waals surface area contributed by atoms with Crippen molar-refractivity contribution in [1.82, 2.24) is 25.3 Å². The highest BCUT2D eigenvalue weighted by Crippen LogP contribution is 2.15. The Labute approximate surface area is 119 Å². The van der Waals surface area contributed by atoms with E-state index in [2.05, 4.69) is 25.3 Å². The summed E-state index contributed by atoms with van der Waals surface area (Å²) in [6.07, 6.45) is 0. The number of non-ortho nitro benzene ring substituents is 1. The van der Waals surface area contributed by atoms with Crippen LogP contribution in [-0.2, 0) is 15.8 Å². The van der Waals surface area contributed by atoms with Gasteiger partial charge in [0.25, 0.3) is 5.69 Å². The van der Waals surface area contributed by atoms with Crippen molar-refractivity contribution in [3.05, 3.63) is 45.8 Å². The maximum atomic E-state index is 12.0. The normalized spacial score (nSPS) is 13.0. The first-order chi connectivity index (χ1) is 9.87. The summed E-state index contributed by atoms with van der Waals surface area (Å²) in [6.45, 7) is 1.58. The fourth-order valence-corrected chi connectivity index (χ4v) is 3.01. The molecule has 0 radical (unpaired) electrons. The van der Waals surface area contributed by atoms with Crippen molar-refractivity contribution in [3.63, 3.8) is 0 Å². The Balaban J connectivity index is 2.05. The number of H-pyrrole nitrogens is 1. The van der Waals surface area contributed by atoms with E-state index in [0.29, 0.717) is 5.56 Å². The smallest absolute Gasteiger partial charge is 0.258 e. The Bertz CT molecular complexity index is 713. The van der Waals surface area contributed by atoms with E-state index in [1.165, 1.54) is 24.3 Å². The molecule has 0 bridgehead atoms. The van der Waals surface area contributed by atoms with E-state index in [0.717, 1.165) is 0 Å². The molecule has 0 saturated carbocycles. The van der Waals surface area contributed by atoms with Gasteiger partial charge in [-0.05, 0) is 12.5 Å². The Morgan fingerprint density at radius 3 is 2.57 bits per heavy atom. The second-order valence-corrected chi connectivity index (χ2v) is 6.05. The molecule has 1 unspecified atom stereocenters. The Morgan fingerprint density at radius 2 is 2.05 bits per heavy atom. The summed E-state index contributed by atoms with van der Waals surface area (Å²) in [5, 5.41) is 23.5. The molecule has 2 rings (SSSR count). The lowest BCUT2D eigenvalue weighted by atomic mass is 10.2. The van der Waals surface area contributed by atoms with E-state index in [1.807, 2.05) is 0 Å². The highest BCUT2D eigenvalue weighted by atomic mass is 32.2. The molecule has 1 heterocycles. The fourth-order valence-electron chi connectivity index (χ4n) is 1.65. The van der Waals surface area contributed by atoms with Crippen molar-refractivity contribution in [1.29, 1.82) is 0 Å². The number of nitrogens with one attached hydrogen (secondary N) is 2. The predicted molar refractivity (Wildman–Crippen MR) is 71.4 cm³/mol. The van der Waals surface area contributed by atoms with Gasteiger partial charge < -0.3 is 0 Å². The first kappa shape index (κ1) is 15.0. The minimum atomic E-state index is -3.63. The molecule has 0 aliphatic rings. The lowest BCUT2D eigenvalue weighted by Gasteiger charge is -2.10. The molecule has 2 N–H and O–H groups in total. The topological polar surface area (TPSA) is 144 Å². The van der Waals surface area contributed by atoms with Crippen LogP contribution >= 0.6 is 0 Å². The lowest BCUT2D eigenvalue weighted by Crippen LogP contribution is -2.28. The summed E-state index contributed by atoms with van der Waals surface area (Å²) < 4.78 is 26.4. The summed E-state index contributed by atoms with van der Waals surface area (Å²) in [5.74, 6) is -0.0741. The zero-order valence-electron chi connectivity index (χ0n) is 10.9. The third kappa shape index (κ3) is 4.03. The van der Waals surface area contributed by atoms with Crippen LogP contribution in [0.3, 0.4) is 0 Å². The van der Waals surface area contributed by atoms with Gasteiger partial charge in [0.05, 0.1) is 16.7 Å². The van der Waals surface area contributed by atoms with Crippen LogP contribution in [0.15, 0.2) is 24.3 Å². The van der Waals surface area contributed by atoms with Gasteiger partial charge >= 0.3 is 0 Å². The monoisotopic (exact) mass is 312 g/mol. The van der Waals surface area contributed by atoms with Gasteiger partial charge in [0, 0.05) is 12.1 Å². The number of hydrogen-bond donors (Lipinski definition) is 2. The average Bonchev–Trinajstić information content (AvgIpc) is 2.92. The van der Waals surface area contributed by atoms with Crippen molar-refractivity contribution in [2.45, 2.75) is 18.7 Å². The Kier molecular flexibility index (Phi) is 4.23. The quantitative estimate of drug-likeness (QED) is 0.576. The molecule has 11 heteroatoms. The highest BCUT2D eigenvalue weighted by Gasteiger charge is 2.19. The summed E-state index contributed by atoms with van der Waals surface area (Å²) in [4.78, 5) is 9.98. The van der Waals surface area contributed by atoms with Gasteiger partial charge in [0.2, 0.25) is 10.0 Å². The van der Waals surface area contributed by atoms with Crippen molar-refractivity contribution >= 4 is 15.7 Å². The molecule has 1 aromatic heterocycles. The minimum absolute atomic E-state index is 0.0933. The fraction of sp³-hybridized carbons (Fsp3) is 0.300. The SMILES string of the molecule is CC(NS(=O)(=O)Cc1ccc([N+](=O)[O-])cc1)c1nn[nH]n1. The number of nitro groups is 1. The summed E-state index contributed by atoms with van der Waals surface area (Å²) in [7, 11) is -3.63. The highest BCUT2D eigenvalue weighted by molar-refractivity contribution is 7.88. The van der Waals surface area contributed by atoms with Crippen LogP contribution in [-0.4, -0.2) is 34.0 Å². The van der Waals surface area contributed by atoms with Crippen molar-refractivity contribution < 1.29 is 13.3 Å². The average molecular weight is 312 g/mol. The summed E-state index contributed by atoms with van der Waals surface area (Å²) in [6, 6.07) is 4.68. The number of aromatic amines is 1. The van der Waals surface area contributed by atoms with Gasteiger partial charge in [-0.25, -0.2) is 13.1 Å². The van der Waals surface area contributed by atoms with E-state index < -0.39 is 21.0 Å². The van der Waals surface area contributed by atoms with Crippen LogP contribution < -0.4 is 4.72 Å². The number of aromatic nitrogens is 4. The second kappa shape index (κ2) is 5.93. The van der Waals surface area contributed by atoms with E-state index in [1.54, 1.807) is 6.92 Å². The first-order valence-corrected chi connectivity index (χ1v) is 7.49. The number of hydrogen-bond acceptors (Lipinski definition) is 7. The third-order valence-electron chi connectivity index (χ3n) is 2.61. The third-order valence-corrected chi connectivity index (χ3v) is 4.04. The molecular formula is C10H12N6O4S. The Morgan fingerprint density at radius 1 is 1.38 bits per heavy atom. The summed E-state index contributed by atoms with van der Waals surface area (Å²) in [5.41, 5.74) is 0.345. The molecule has 1 aromatic carbocycles. The number of tetrazole rings is 1. The van der Waals surface area contributed by atoms with Crippen LogP contribution in [0.4, 0.5) is 5.69 Å². The van der Waals surface area contributed by atoms with Crippen molar-refractivity contribution in [2.24, 2.45) is 0 Å². The maximum Gasteiger partial charge on any atom is 0.269 e. The maximum absolute atomic E-state index is 12.0. The largest absolute Gasteiger partial charge is 0.269 e. The Hall–Kier alpha value is -2.40. The van der Waals surface area contributed by atoms with Gasteiger partial charge in [0.1, 0.15) is 0 Å². The molecule has 10 nitrogen and oxygen atoms in total. The molecule has 0 aliphatic heterocycles. The van der Waals surface area contributed by atoms with Crippen LogP contribution in [0.5, 0.6) is 0 Å². The number of sulfonamides is 1. The molecule has 112 valence electrons. The van der Waals surface area contributed by atoms with E-state index in [4.69, 9.17) is 0 Å². The van der Waals surface area contributed by atoms with Crippen LogP contribution in [0.1, 0.15) is 24.4 Å². The molecule has 0 amide bonds. The zero-order valence-corrected chi connectivity index (χ0v) is 11.7. The van der Waals surface area contributed by atoms with E-state index in [-0.39, 0.29) is 17.3 Å². The van der Waals surface area contributed by atoms with Gasteiger partial charge in [-0.3, -0.25) is 10.1 Å². The molecule has 0 fully saturated rings. The van der Waals surface area contributed by atoms with Crippen LogP contribution in [0, 0.1) is 10.1 Å². The number of benzene rings is 1. The minimum Gasteiger partial charge on any atom is -0.258 e. The van der Waals surface area contributed by atoms with Gasteiger partial charge in [-0.15, -0.1) is 10.2 Å². The standard InChI is InChI=1S/C10H12N6O4S/c1-7(10-11-14-15-12-10)13-21(19,20)6-8-2-4-9(5-3-8)16(17)18/h2-5,7,13H,6H2,1H3,(H,11,12,14,15). The van der Waals surface area contributed by atoms with Gasteiger partial charge in [0.15, 0.2) is 5.82 Å². The number of rotatable bonds is 6. The second-order valence-electron chi connectivity index (χ2n) is 4.29. The van der Waals surface area contributed by atoms with E-state index in [9.17, 15) is 18.5 Å². The molecule has 21 heavy (non-hydrogen) atoms. The molecule has 0 aliphatic carbocycles. The predicted octanol–water partition coefficient (Wildman–Crippen LogP) is 0.288.